The zero-order valence-corrected chi connectivity index (χ0v) is 11.0. The van der Waals surface area contributed by atoms with Gasteiger partial charge in [0, 0.05) is 17.6 Å². The Balaban J connectivity index is 1.99. The van der Waals surface area contributed by atoms with Crippen LogP contribution in [0.4, 0.5) is 4.39 Å². The largest absolute Gasteiger partial charge is 0.307 e. The first kappa shape index (κ1) is 12.8. The van der Waals surface area contributed by atoms with Crippen LogP contribution < -0.4 is 5.32 Å². The minimum atomic E-state index is -0.291. The predicted molar refractivity (Wildman–Crippen MR) is 69.7 cm³/mol. The first-order chi connectivity index (χ1) is 8.11. The van der Waals surface area contributed by atoms with Crippen molar-refractivity contribution in [2.24, 2.45) is 0 Å². The van der Waals surface area contributed by atoms with Crippen LogP contribution in [0.5, 0.6) is 0 Å². The van der Waals surface area contributed by atoms with Crippen LogP contribution >= 0.6 is 11.6 Å². The molecule has 1 fully saturated rings. The molecule has 17 heavy (non-hydrogen) atoms. The number of hydrogen-bond donors (Lipinski definition) is 1. The fourth-order valence-corrected chi connectivity index (χ4v) is 2.70. The first-order valence-electron chi connectivity index (χ1n) is 6.29. The Bertz CT molecular complexity index is 386. The fraction of sp³-hybridized carbons (Fsp3) is 0.571. The highest BCUT2D eigenvalue weighted by atomic mass is 35.5. The highest BCUT2D eigenvalue weighted by Crippen LogP contribution is 2.28. The summed E-state index contributed by atoms with van der Waals surface area (Å²) in [5.41, 5.74) is 0.816. The second-order valence-corrected chi connectivity index (χ2v) is 5.60. The number of rotatable bonds is 3. The number of nitrogens with one attached hydrogen (secondary N) is 1. The van der Waals surface area contributed by atoms with Crippen molar-refractivity contribution in [3.05, 3.63) is 34.6 Å². The lowest BCUT2D eigenvalue weighted by Crippen LogP contribution is -2.43. The van der Waals surface area contributed by atoms with Crippen molar-refractivity contribution in [3.63, 3.8) is 0 Å². The molecule has 0 amide bonds. The molecular formula is C14H19ClFN. The Morgan fingerprint density at radius 3 is 2.71 bits per heavy atom. The van der Waals surface area contributed by atoms with E-state index in [0.29, 0.717) is 12.1 Å². The predicted octanol–water partition coefficient (Wildman–Crippen LogP) is 4.29. The smallest absolute Gasteiger partial charge is 0.146 e. The third-order valence-electron chi connectivity index (χ3n) is 3.69. The number of halogens is 2. The maximum Gasteiger partial charge on any atom is 0.146 e. The van der Waals surface area contributed by atoms with Crippen LogP contribution in [0.25, 0.3) is 0 Å². The summed E-state index contributed by atoms with van der Waals surface area (Å²) in [5, 5.41) is 3.69. The van der Waals surface area contributed by atoms with Gasteiger partial charge in [-0.1, -0.05) is 43.0 Å². The lowest BCUT2D eigenvalue weighted by molar-refractivity contribution is 0.251. The molecule has 1 aliphatic rings. The summed E-state index contributed by atoms with van der Waals surface area (Å²) in [4.78, 5) is 0. The molecule has 1 aromatic rings. The monoisotopic (exact) mass is 255 g/mol. The van der Waals surface area contributed by atoms with Crippen LogP contribution in [0.3, 0.4) is 0 Å². The van der Waals surface area contributed by atoms with E-state index >= 15 is 0 Å². The van der Waals surface area contributed by atoms with Gasteiger partial charge in [-0.05, 0) is 25.8 Å². The van der Waals surface area contributed by atoms with Gasteiger partial charge in [0.25, 0.3) is 0 Å². The van der Waals surface area contributed by atoms with Crippen molar-refractivity contribution < 1.29 is 4.39 Å². The summed E-state index contributed by atoms with van der Waals surface area (Å²) >= 11 is 5.77. The van der Waals surface area contributed by atoms with E-state index in [4.69, 9.17) is 11.6 Å². The molecule has 3 heteroatoms. The topological polar surface area (TPSA) is 12.0 Å². The molecule has 0 bridgehead atoms. The summed E-state index contributed by atoms with van der Waals surface area (Å²) < 4.78 is 13.7. The van der Waals surface area contributed by atoms with Crippen LogP contribution in [-0.4, -0.2) is 5.54 Å². The molecule has 0 atom stereocenters. The maximum absolute atomic E-state index is 13.7. The lowest BCUT2D eigenvalue weighted by atomic mass is 9.83. The Kier molecular flexibility index (Phi) is 4.05. The van der Waals surface area contributed by atoms with Crippen molar-refractivity contribution in [2.75, 3.05) is 0 Å². The first-order valence-corrected chi connectivity index (χ1v) is 6.66. The Morgan fingerprint density at radius 1 is 1.29 bits per heavy atom. The SMILES string of the molecule is CC1(NCc2cccc(Cl)c2F)CCCCC1. The van der Waals surface area contributed by atoms with Crippen molar-refractivity contribution in [1.82, 2.24) is 5.32 Å². The highest BCUT2D eigenvalue weighted by Gasteiger charge is 2.26. The van der Waals surface area contributed by atoms with E-state index in [2.05, 4.69) is 12.2 Å². The molecule has 1 aliphatic carbocycles. The van der Waals surface area contributed by atoms with Gasteiger partial charge in [0.15, 0.2) is 0 Å². The lowest BCUT2D eigenvalue weighted by Gasteiger charge is -2.35. The molecule has 1 saturated carbocycles. The summed E-state index contributed by atoms with van der Waals surface area (Å²) in [7, 11) is 0. The molecule has 0 unspecified atom stereocenters. The standard InChI is InChI=1S/C14H19ClFN/c1-14(8-3-2-4-9-14)17-10-11-6-5-7-12(15)13(11)16/h5-7,17H,2-4,8-10H2,1H3. The summed E-state index contributed by atoms with van der Waals surface area (Å²) in [6.45, 7) is 2.79. The highest BCUT2D eigenvalue weighted by molar-refractivity contribution is 6.30. The van der Waals surface area contributed by atoms with E-state index in [1.807, 2.05) is 0 Å². The van der Waals surface area contributed by atoms with Gasteiger partial charge in [0.2, 0.25) is 0 Å². The van der Waals surface area contributed by atoms with E-state index in [0.717, 1.165) is 0 Å². The zero-order chi connectivity index (χ0) is 12.3. The second-order valence-electron chi connectivity index (χ2n) is 5.19. The van der Waals surface area contributed by atoms with Crippen molar-refractivity contribution >= 4 is 11.6 Å². The third kappa shape index (κ3) is 3.20. The van der Waals surface area contributed by atoms with Gasteiger partial charge in [-0.15, -0.1) is 0 Å². The van der Waals surface area contributed by atoms with Crippen molar-refractivity contribution in [1.29, 1.82) is 0 Å². The Hall–Kier alpha value is -0.600. The average molecular weight is 256 g/mol. The van der Waals surface area contributed by atoms with E-state index in [1.165, 1.54) is 32.1 Å². The second kappa shape index (κ2) is 5.36. The Labute approximate surface area is 107 Å². The van der Waals surface area contributed by atoms with Crippen molar-refractivity contribution in [2.45, 2.75) is 51.1 Å². The minimum absolute atomic E-state index is 0.160. The molecule has 1 aromatic carbocycles. The molecule has 94 valence electrons. The number of benzene rings is 1. The summed E-state index contributed by atoms with van der Waals surface area (Å²) in [5.74, 6) is -0.291. The van der Waals surface area contributed by atoms with Gasteiger partial charge >= 0.3 is 0 Å². The van der Waals surface area contributed by atoms with Crippen LogP contribution in [-0.2, 0) is 6.54 Å². The fourth-order valence-electron chi connectivity index (χ4n) is 2.50. The molecule has 2 rings (SSSR count). The zero-order valence-electron chi connectivity index (χ0n) is 10.2. The quantitative estimate of drug-likeness (QED) is 0.850. The van der Waals surface area contributed by atoms with Crippen LogP contribution in [0.1, 0.15) is 44.6 Å². The summed E-state index contributed by atoms with van der Waals surface area (Å²) in [6.07, 6.45) is 6.20. The molecule has 0 spiro atoms. The molecule has 1 N–H and O–H groups in total. The normalized spacial score (nSPS) is 19.2. The molecule has 0 aliphatic heterocycles. The summed E-state index contributed by atoms with van der Waals surface area (Å²) in [6, 6.07) is 5.18. The van der Waals surface area contributed by atoms with Gasteiger partial charge in [0.1, 0.15) is 5.82 Å². The van der Waals surface area contributed by atoms with E-state index in [1.54, 1.807) is 18.2 Å². The van der Waals surface area contributed by atoms with E-state index in [-0.39, 0.29) is 16.4 Å². The minimum Gasteiger partial charge on any atom is -0.307 e. The molecule has 0 heterocycles. The third-order valence-corrected chi connectivity index (χ3v) is 3.99. The van der Waals surface area contributed by atoms with E-state index in [9.17, 15) is 4.39 Å². The molecule has 0 saturated heterocycles. The number of hydrogen-bond acceptors (Lipinski definition) is 1. The average Bonchev–Trinajstić information content (AvgIpc) is 2.32. The van der Waals surface area contributed by atoms with Crippen LogP contribution in [0.2, 0.25) is 5.02 Å². The van der Waals surface area contributed by atoms with Crippen LogP contribution in [0.15, 0.2) is 18.2 Å². The van der Waals surface area contributed by atoms with Gasteiger partial charge in [-0.25, -0.2) is 4.39 Å². The van der Waals surface area contributed by atoms with Gasteiger partial charge in [0.05, 0.1) is 5.02 Å². The maximum atomic E-state index is 13.7. The molecular weight excluding hydrogens is 237 g/mol. The van der Waals surface area contributed by atoms with Gasteiger partial charge in [-0.2, -0.15) is 0 Å². The molecule has 0 radical (unpaired) electrons. The van der Waals surface area contributed by atoms with Gasteiger partial charge in [-0.3, -0.25) is 0 Å². The molecule has 0 aromatic heterocycles. The van der Waals surface area contributed by atoms with Crippen LogP contribution in [0, 0.1) is 5.82 Å². The van der Waals surface area contributed by atoms with Crippen molar-refractivity contribution in [3.8, 4) is 0 Å². The van der Waals surface area contributed by atoms with Gasteiger partial charge < -0.3 is 5.32 Å². The Morgan fingerprint density at radius 2 is 2.00 bits per heavy atom. The van der Waals surface area contributed by atoms with E-state index < -0.39 is 0 Å². The molecule has 1 nitrogen and oxygen atoms in total.